The summed E-state index contributed by atoms with van der Waals surface area (Å²) in [6.45, 7) is 7.08. The maximum Gasteiger partial charge on any atom is 0.0409 e. The molecule has 0 nitrogen and oxygen atoms in total. The molecule has 3 aromatic carbocycles. The molecule has 1 aliphatic carbocycles. The molecule has 0 saturated carbocycles. The molecule has 0 radical (unpaired) electrons. The van der Waals surface area contributed by atoms with Crippen molar-refractivity contribution >= 4 is 35.1 Å². The molecule has 0 aromatic heterocycles. The minimum absolute atomic E-state index is 0.0161. The van der Waals surface area contributed by atoms with E-state index < -0.39 is 0 Å². The van der Waals surface area contributed by atoms with E-state index in [2.05, 4.69) is 69.3 Å². The highest BCUT2D eigenvalue weighted by Gasteiger charge is 2.41. The Balaban J connectivity index is 1.70. The summed E-state index contributed by atoms with van der Waals surface area (Å²) < 4.78 is 0. The molecule has 28 heavy (non-hydrogen) atoms. The number of rotatable bonds is 3. The van der Waals surface area contributed by atoms with Crippen molar-refractivity contribution in [1.29, 1.82) is 0 Å². The van der Waals surface area contributed by atoms with E-state index in [1.165, 1.54) is 48.3 Å². The molecule has 0 N–H and O–H groups in total. The fraction of sp³-hybridized carbons (Fsp3) is 0.280. The highest BCUT2D eigenvalue weighted by molar-refractivity contribution is 8.05. The van der Waals surface area contributed by atoms with E-state index >= 15 is 0 Å². The predicted octanol–water partition coefficient (Wildman–Crippen LogP) is 8.68. The minimum Gasteiger partial charge on any atom is -0.0877 e. The van der Waals surface area contributed by atoms with Crippen molar-refractivity contribution in [1.82, 2.24) is 0 Å². The van der Waals surface area contributed by atoms with Crippen LogP contribution in [0.1, 0.15) is 44.7 Å². The van der Waals surface area contributed by atoms with Crippen LogP contribution in [0.25, 0.3) is 11.1 Å². The second-order valence-corrected chi connectivity index (χ2v) is 10.8. The molecule has 3 aromatic rings. The normalized spacial score (nSPS) is 20.1. The first-order valence-corrected chi connectivity index (χ1v) is 11.9. The largest absolute Gasteiger partial charge is 0.0877 e. The van der Waals surface area contributed by atoms with Crippen LogP contribution in [0.3, 0.4) is 0 Å². The van der Waals surface area contributed by atoms with Gasteiger partial charge in [0.15, 0.2) is 0 Å². The second kappa shape index (κ2) is 6.86. The van der Waals surface area contributed by atoms with Crippen LogP contribution in [-0.2, 0) is 5.41 Å². The standard InChI is InChI=1S/C25H23ClS2/c1-4-15(2)14-25(3)19-11-16(26)9-10-17(19)18-12-23-24(13-20(18)25)28-22-8-6-5-7-21(22)27-23/h5-13,15H,4,14H2,1-3H3. The van der Waals surface area contributed by atoms with Gasteiger partial charge in [-0.3, -0.25) is 0 Å². The lowest BCUT2D eigenvalue weighted by Gasteiger charge is -2.31. The Morgan fingerprint density at radius 1 is 0.857 bits per heavy atom. The Morgan fingerprint density at radius 2 is 1.50 bits per heavy atom. The Morgan fingerprint density at radius 3 is 2.18 bits per heavy atom. The van der Waals surface area contributed by atoms with Gasteiger partial charge in [-0.15, -0.1) is 0 Å². The maximum absolute atomic E-state index is 6.44. The average Bonchev–Trinajstić information content (AvgIpc) is 2.92. The summed E-state index contributed by atoms with van der Waals surface area (Å²) in [5, 5.41) is 0.836. The molecule has 0 spiro atoms. The van der Waals surface area contributed by atoms with Gasteiger partial charge in [-0.2, -0.15) is 0 Å². The molecule has 0 amide bonds. The Hall–Kier alpha value is -1.35. The molecular weight excluding hydrogens is 400 g/mol. The number of fused-ring (bicyclic) bond motifs is 5. The van der Waals surface area contributed by atoms with Gasteiger partial charge in [0.2, 0.25) is 0 Å². The maximum atomic E-state index is 6.44. The molecule has 142 valence electrons. The Kier molecular flexibility index (Phi) is 4.58. The van der Waals surface area contributed by atoms with Gasteiger partial charge < -0.3 is 0 Å². The van der Waals surface area contributed by atoms with Gasteiger partial charge in [0.05, 0.1) is 0 Å². The molecule has 2 aliphatic rings. The molecule has 1 aliphatic heterocycles. The van der Waals surface area contributed by atoms with Gasteiger partial charge in [0.1, 0.15) is 0 Å². The van der Waals surface area contributed by atoms with Gasteiger partial charge in [0, 0.05) is 30.0 Å². The lowest BCUT2D eigenvalue weighted by Crippen LogP contribution is -2.24. The van der Waals surface area contributed by atoms with Crippen molar-refractivity contribution in [3.05, 3.63) is 70.7 Å². The Bertz CT molecular complexity index is 1090. The van der Waals surface area contributed by atoms with E-state index in [-0.39, 0.29) is 5.41 Å². The smallest absolute Gasteiger partial charge is 0.0409 e. The van der Waals surface area contributed by atoms with Crippen LogP contribution < -0.4 is 0 Å². The quantitative estimate of drug-likeness (QED) is 0.323. The highest BCUT2D eigenvalue weighted by atomic mass is 35.5. The van der Waals surface area contributed by atoms with Crippen molar-refractivity contribution < 1.29 is 0 Å². The summed E-state index contributed by atoms with van der Waals surface area (Å²) in [6, 6.07) is 20.1. The number of benzene rings is 3. The van der Waals surface area contributed by atoms with Gasteiger partial charge in [-0.1, -0.05) is 80.5 Å². The lowest BCUT2D eigenvalue weighted by molar-refractivity contribution is 0.401. The molecule has 5 rings (SSSR count). The van der Waals surface area contributed by atoms with Gasteiger partial charge >= 0.3 is 0 Å². The van der Waals surface area contributed by atoms with Crippen LogP contribution in [0.4, 0.5) is 0 Å². The van der Waals surface area contributed by atoms with Crippen LogP contribution in [-0.4, -0.2) is 0 Å². The summed E-state index contributed by atoms with van der Waals surface area (Å²) >= 11 is 10.3. The number of hydrogen-bond acceptors (Lipinski definition) is 2. The van der Waals surface area contributed by atoms with Crippen LogP contribution >= 0.6 is 35.1 Å². The first-order chi connectivity index (χ1) is 13.5. The van der Waals surface area contributed by atoms with E-state index in [4.69, 9.17) is 11.6 Å². The van der Waals surface area contributed by atoms with Crippen molar-refractivity contribution in [3.63, 3.8) is 0 Å². The zero-order valence-electron chi connectivity index (χ0n) is 16.4. The third kappa shape index (κ3) is 2.84. The number of hydrogen-bond donors (Lipinski definition) is 0. The van der Waals surface area contributed by atoms with Crippen LogP contribution in [0.15, 0.2) is 74.2 Å². The predicted molar refractivity (Wildman–Crippen MR) is 122 cm³/mol. The van der Waals surface area contributed by atoms with Gasteiger partial charge in [-0.05, 0) is 71.0 Å². The van der Waals surface area contributed by atoms with Gasteiger partial charge in [0.25, 0.3) is 0 Å². The summed E-state index contributed by atoms with van der Waals surface area (Å²) in [5.74, 6) is 0.668. The Labute approximate surface area is 181 Å². The van der Waals surface area contributed by atoms with Crippen molar-refractivity contribution in [3.8, 4) is 11.1 Å². The summed E-state index contributed by atoms with van der Waals surface area (Å²) in [6.07, 6.45) is 2.35. The third-order valence-corrected chi connectivity index (χ3v) is 9.05. The van der Waals surface area contributed by atoms with E-state index in [0.29, 0.717) is 5.92 Å². The lowest BCUT2D eigenvalue weighted by atomic mass is 9.73. The highest BCUT2D eigenvalue weighted by Crippen LogP contribution is 2.57. The SMILES string of the molecule is CCC(C)CC1(C)c2cc(Cl)ccc2-c2cc3c(cc21)Sc1ccccc1S3. The molecule has 2 unspecified atom stereocenters. The molecule has 1 heterocycles. The number of halogens is 1. The fourth-order valence-electron chi connectivity index (χ4n) is 4.67. The zero-order valence-corrected chi connectivity index (χ0v) is 18.8. The zero-order chi connectivity index (χ0) is 19.5. The van der Waals surface area contributed by atoms with Crippen molar-refractivity contribution in [2.75, 3.05) is 0 Å². The average molecular weight is 423 g/mol. The van der Waals surface area contributed by atoms with E-state index in [1.807, 2.05) is 29.6 Å². The first-order valence-electron chi connectivity index (χ1n) is 9.93. The van der Waals surface area contributed by atoms with Crippen LogP contribution in [0, 0.1) is 5.92 Å². The van der Waals surface area contributed by atoms with Crippen LogP contribution in [0.5, 0.6) is 0 Å². The van der Waals surface area contributed by atoms with E-state index in [1.54, 1.807) is 0 Å². The van der Waals surface area contributed by atoms with E-state index in [9.17, 15) is 0 Å². The molecule has 0 fully saturated rings. The van der Waals surface area contributed by atoms with Gasteiger partial charge in [-0.25, -0.2) is 0 Å². The summed E-state index contributed by atoms with van der Waals surface area (Å²) in [5.41, 5.74) is 5.63. The summed E-state index contributed by atoms with van der Waals surface area (Å²) in [4.78, 5) is 5.48. The van der Waals surface area contributed by atoms with Crippen molar-refractivity contribution in [2.45, 2.75) is 58.6 Å². The third-order valence-electron chi connectivity index (χ3n) is 6.29. The molecular formula is C25H23ClS2. The second-order valence-electron chi connectivity index (χ2n) is 8.23. The monoisotopic (exact) mass is 422 g/mol. The molecule has 2 atom stereocenters. The summed E-state index contributed by atoms with van der Waals surface area (Å²) in [7, 11) is 0. The van der Waals surface area contributed by atoms with Crippen molar-refractivity contribution in [2.24, 2.45) is 5.92 Å². The van der Waals surface area contributed by atoms with Crippen LogP contribution in [0.2, 0.25) is 5.02 Å². The minimum atomic E-state index is 0.0161. The first kappa shape index (κ1) is 18.7. The topological polar surface area (TPSA) is 0 Å². The molecule has 3 heteroatoms. The van der Waals surface area contributed by atoms with E-state index in [0.717, 1.165) is 11.4 Å². The molecule has 0 saturated heterocycles. The molecule has 0 bridgehead atoms. The fourth-order valence-corrected chi connectivity index (χ4v) is 7.12.